The van der Waals surface area contributed by atoms with Crippen LogP contribution in [0.3, 0.4) is 0 Å². The molecule has 2 N–H and O–H groups in total. The van der Waals surface area contributed by atoms with Crippen molar-refractivity contribution in [3.05, 3.63) is 58.1 Å². The van der Waals surface area contributed by atoms with Crippen LogP contribution >= 0.6 is 0 Å². The van der Waals surface area contributed by atoms with Gasteiger partial charge in [-0.05, 0) is 47.7 Å². The molecule has 0 aliphatic carbocycles. The fourth-order valence-electron chi connectivity index (χ4n) is 5.19. The number of piperidine rings is 1. The van der Waals surface area contributed by atoms with Crippen molar-refractivity contribution in [3.8, 4) is 5.75 Å². The van der Waals surface area contributed by atoms with Gasteiger partial charge in [0.25, 0.3) is 5.91 Å². The first-order valence-corrected chi connectivity index (χ1v) is 13.3. The van der Waals surface area contributed by atoms with Crippen molar-refractivity contribution in [2.24, 2.45) is 0 Å². The van der Waals surface area contributed by atoms with Crippen molar-refractivity contribution in [2.75, 3.05) is 31.6 Å². The van der Waals surface area contributed by atoms with Crippen LogP contribution in [0.25, 0.3) is 0 Å². The molecular weight excluding hydrogens is 542 g/mol. The Morgan fingerprint density at radius 1 is 1.17 bits per heavy atom. The number of hydrogen-bond acceptors (Lipinski definition) is 8. The third kappa shape index (κ3) is 6.63. The average molecular weight is 573 g/mol. The van der Waals surface area contributed by atoms with Gasteiger partial charge in [0.05, 0.1) is 13.2 Å². The minimum atomic E-state index is -3.03. The number of benzene rings is 2. The molecule has 1 atom stereocenters. The van der Waals surface area contributed by atoms with Crippen molar-refractivity contribution < 1.29 is 42.2 Å². The van der Waals surface area contributed by atoms with Gasteiger partial charge < -0.3 is 19.1 Å². The van der Waals surface area contributed by atoms with Crippen LogP contribution in [0.15, 0.2) is 30.3 Å². The number of carbonyl (C=O) groups excluding carboxylic acids is 4. The summed E-state index contributed by atoms with van der Waals surface area (Å²) in [5.74, 6) is -1.22. The molecule has 1 unspecified atom stereocenters. The first kappa shape index (κ1) is 28.4. The van der Waals surface area contributed by atoms with E-state index in [0.717, 1.165) is 11.1 Å². The van der Waals surface area contributed by atoms with E-state index in [4.69, 9.17) is 14.2 Å². The zero-order valence-electron chi connectivity index (χ0n) is 22.4. The lowest BCUT2D eigenvalue weighted by molar-refractivity contribution is -0.136. The molecule has 0 spiro atoms. The molecular formula is C28H30F2N4O7. The van der Waals surface area contributed by atoms with E-state index >= 15 is 0 Å². The second-order valence-corrected chi connectivity index (χ2v) is 10.1. The molecule has 13 heteroatoms. The molecule has 4 amide bonds. The van der Waals surface area contributed by atoms with Crippen LogP contribution in [0.5, 0.6) is 5.75 Å². The Morgan fingerprint density at radius 3 is 2.68 bits per heavy atom. The van der Waals surface area contributed by atoms with E-state index in [0.29, 0.717) is 49.5 Å². The predicted octanol–water partition coefficient (Wildman–Crippen LogP) is 2.94. The van der Waals surface area contributed by atoms with Crippen LogP contribution in [-0.4, -0.2) is 72.6 Å². The number of nitrogens with one attached hydrogen (secondary N) is 2. The third-order valence-electron chi connectivity index (χ3n) is 7.39. The fraction of sp³-hybridized carbons (Fsp3) is 0.429. The van der Waals surface area contributed by atoms with Crippen molar-refractivity contribution >= 4 is 29.5 Å². The number of alkyl halides is 2. The number of carbonyl (C=O) groups is 4. The molecule has 2 fully saturated rings. The molecule has 3 heterocycles. The normalized spacial score (nSPS) is 19.3. The zero-order chi connectivity index (χ0) is 29.1. The van der Waals surface area contributed by atoms with E-state index in [1.807, 2.05) is 0 Å². The van der Waals surface area contributed by atoms with E-state index in [1.54, 1.807) is 31.2 Å². The van der Waals surface area contributed by atoms with Gasteiger partial charge in [-0.15, -0.1) is 0 Å². The maximum Gasteiger partial charge on any atom is 0.411 e. The molecule has 2 saturated heterocycles. The van der Waals surface area contributed by atoms with E-state index < -0.39 is 24.7 Å². The standard InChI is InChI=1S/C28H30F2N4O7/c1-16-19(13-33-6-8-39-9-7-33)11-20(12-23(16)41-27(29)30)31-28(38)40-15-17-2-3-18-14-34(26(37)21(18)10-17)22-4-5-24(35)32-25(22)36/h2-3,10-12,22,27H,4-9,13-15H2,1H3,(H,31,38)(H,32,35,36). The molecule has 0 saturated carbocycles. The first-order chi connectivity index (χ1) is 19.7. The summed E-state index contributed by atoms with van der Waals surface area (Å²) >= 11 is 0. The number of fused-ring (bicyclic) bond motifs is 1. The Labute approximate surface area is 234 Å². The number of amides is 4. The Morgan fingerprint density at radius 2 is 1.95 bits per heavy atom. The maximum atomic E-state index is 13.1. The Bertz CT molecular complexity index is 1360. The molecule has 0 bridgehead atoms. The summed E-state index contributed by atoms with van der Waals surface area (Å²) in [6.07, 6.45) is -0.389. The van der Waals surface area contributed by atoms with Crippen LogP contribution in [0.1, 0.15) is 45.5 Å². The highest BCUT2D eigenvalue weighted by Gasteiger charge is 2.39. The predicted molar refractivity (Wildman–Crippen MR) is 140 cm³/mol. The molecule has 218 valence electrons. The number of morpholine rings is 1. The topological polar surface area (TPSA) is 127 Å². The fourth-order valence-corrected chi connectivity index (χ4v) is 5.19. The minimum absolute atomic E-state index is 0.0428. The minimum Gasteiger partial charge on any atom is -0.444 e. The average Bonchev–Trinajstić information content (AvgIpc) is 3.25. The molecule has 0 radical (unpaired) electrons. The number of imide groups is 1. The van der Waals surface area contributed by atoms with E-state index in [9.17, 15) is 28.0 Å². The second-order valence-electron chi connectivity index (χ2n) is 10.1. The van der Waals surface area contributed by atoms with Crippen LogP contribution in [0.2, 0.25) is 0 Å². The molecule has 11 nitrogen and oxygen atoms in total. The number of halogens is 2. The Kier molecular flexibility index (Phi) is 8.45. The van der Waals surface area contributed by atoms with Gasteiger partial charge in [0.2, 0.25) is 11.8 Å². The van der Waals surface area contributed by atoms with Crippen LogP contribution in [-0.2, 0) is 38.8 Å². The summed E-state index contributed by atoms with van der Waals surface area (Å²) in [4.78, 5) is 52.9. The molecule has 3 aliphatic rings. The summed E-state index contributed by atoms with van der Waals surface area (Å²) in [6, 6.07) is 7.36. The summed E-state index contributed by atoms with van der Waals surface area (Å²) in [7, 11) is 0. The van der Waals surface area contributed by atoms with Crippen molar-refractivity contribution in [2.45, 2.75) is 52.1 Å². The monoisotopic (exact) mass is 572 g/mol. The van der Waals surface area contributed by atoms with Crippen molar-refractivity contribution in [3.63, 3.8) is 0 Å². The van der Waals surface area contributed by atoms with Gasteiger partial charge in [-0.1, -0.05) is 12.1 Å². The van der Waals surface area contributed by atoms with Crippen molar-refractivity contribution in [1.29, 1.82) is 0 Å². The SMILES string of the molecule is Cc1c(CN2CCOCC2)cc(NC(=O)OCc2ccc3c(c2)C(=O)N(C2CCC(=O)NC2=O)C3)cc1OC(F)F. The van der Waals surface area contributed by atoms with Gasteiger partial charge in [-0.3, -0.25) is 29.9 Å². The van der Waals surface area contributed by atoms with Gasteiger partial charge >= 0.3 is 12.7 Å². The lowest BCUT2D eigenvalue weighted by atomic mass is 10.0. The van der Waals surface area contributed by atoms with E-state index in [2.05, 4.69) is 15.5 Å². The molecule has 3 aliphatic heterocycles. The zero-order valence-corrected chi connectivity index (χ0v) is 22.4. The molecule has 2 aromatic carbocycles. The maximum absolute atomic E-state index is 13.1. The highest BCUT2D eigenvalue weighted by molar-refractivity contribution is 6.05. The van der Waals surface area contributed by atoms with E-state index in [-0.39, 0.29) is 49.2 Å². The van der Waals surface area contributed by atoms with Gasteiger partial charge in [0.1, 0.15) is 18.4 Å². The lowest BCUT2D eigenvalue weighted by Gasteiger charge is -2.29. The highest BCUT2D eigenvalue weighted by Crippen LogP contribution is 2.31. The van der Waals surface area contributed by atoms with Gasteiger partial charge in [-0.2, -0.15) is 8.78 Å². The van der Waals surface area contributed by atoms with Gasteiger partial charge in [-0.25, -0.2) is 4.79 Å². The number of nitrogens with zero attached hydrogens (tertiary/aromatic N) is 2. The third-order valence-corrected chi connectivity index (χ3v) is 7.39. The summed E-state index contributed by atoms with van der Waals surface area (Å²) < 4.78 is 41.5. The molecule has 41 heavy (non-hydrogen) atoms. The first-order valence-electron chi connectivity index (χ1n) is 13.3. The molecule has 0 aromatic heterocycles. The summed E-state index contributed by atoms with van der Waals surface area (Å²) in [5.41, 5.74) is 3.19. The quantitative estimate of drug-likeness (QED) is 0.463. The molecule has 2 aromatic rings. The Balaban J connectivity index is 1.23. The Hall–Kier alpha value is -4.10. The van der Waals surface area contributed by atoms with Crippen LogP contribution in [0.4, 0.5) is 19.3 Å². The summed E-state index contributed by atoms with van der Waals surface area (Å²) in [6.45, 7) is 1.76. The largest absolute Gasteiger partial charge is 0.444 e. The van der Waals surface area contributed by atoms with Gasteiger partial charge in [0, 0.05) is 49.9 Å². The molecule has 5 rings (SSSR count). The van der Waals surface area contributed by atoms with Crippen molar-refractivity contribution in [1.82, 2.24) is 15.1 Å². The smallest absolute Gasteiger partial charge is 0.411 e. The van der Waals surface area contributed by atoms with Crippen LogP contribution in [0, 0.1) is 6.92 Å². The number of ether oxygens (including phenoxy) is 3. The van der Waals surface area contributed by atoms with Gasteiger partial charge in [0.15, 0.2) is 0 Å². The number of anilines is 1. The number of hydrogen-bond donors (Lipinski definition) is 2. The number of rotatable bonds is 8. The second kappa shape index (κ2) is 12.2. The summed E-state index contributed by atoms with van der Waals surface area (Å²) in [5, 5.41) is 4.84. The van der Waals surface area contributed by atoms with Crippen LogP contribution < -0.4 is 15.4 Å². The lowest BCUT2D eigenvalue weighted by Crippen LogP contribution is -2.52. The highest BCUT2D eigenvalue weighted by atomic mass is 19.3. The van der Waals surface area contributed by atoms with E-state index in [1.165, 1.54) is 11.0 Å².